The molecule has 0 fully saturated rings. The number of methoxy groups -OCH3 is 1. The first-order valence-electron chi connectivity index (χ1n) is 9.50. The highest BCUT2D eigenvalue weighted by Crippen LogP contribution is 2.37. The van der Waals surface area contributed by atoms with Crippen LogP contribution in [0, 0.1) is 5.41 Å². The third-order valence-corrected chi connectivity index (χ3v) is 4.50. The first-order valence-corrected chi connectivity index (χ1v) is 9.50. The lowest BCUT2D eigenvalue weighted by Gasteiger charge is -2.18. The molecule has 146 valence electrons. The number of carboxylic acid groups (broad SMARTS) is 1. The Morgan fingerprint density at radius 2 is 2.11 bits per heavy atom. The monoisotopic (exact) mass is 370 g/mol. The van der Waals surface area contributed by atoms with Gasteiger partial charge in [-0.1, -0.05) is 51.8 Å². The number of rotatable bonds is 8. The molecule has 0 atom stereocenters. The molecule has 0 unspecified atom stereocenters. The van der Waals surface area contributed by atoms with Crippen LogP contribution in [0.25, 0.3) is 5.57 Å². The van der Waals surface area contributed by atoms with Crippen LogP contribution in [0.5, 0.6) is 11.5 Å². The minimum Gasteiger partial charge on any atom is -0.497 e. The minimum absolute atomic E-state index is 0.134. The number of allylic oxidation sites excluding steroid dienone is 4. The van der Waals surface area contributed by atoms with Crippen molar-refractivity contribution in [1.82, 2.24) is 0 Å². The molecular formula is C23H30O4. The molecule has 0 amide bonds. The smallest absolute Gasteiger partial charge is 0.328 e. The van der Waals surface area contributed by atoms with Crippen LogP contribution in [0.15, 0.2) is 48.1 Å². The van der Waals surface area contributed by atoms with Gasteiger partial charge in [-0.2, -0.15) is 0 Å². The minimum atomic E-state index is -0.910. The lowest BCUT2D eigenvalue weighted by Crippen LogP contribution is -2.17. The summed E-state index contributed by atoms with van der Waals surface area (Å²) in [7, 11) is 1.64. The molecule has 1 heterocycles. The van der Waals surface area contributed by atoms with Gasteiger partial charge in [-0.25, -0.2) is 4.79 Å². The fraction of sp³-hybridized carbons (Fsp3) is 0.435. The van der Waals surface area contributed by atoms with Crippen LogP contribution in [-0.2, 0) is 4.79 Å². The number of carbonyl (C=O) groups is 1. The SMILES string of the molecule is CCCCCC(C=CC1=CC(C)(C)COc2ccc(OC)cc21)=CC(=O)O. The quantitative estimate of drug-likeness (QED) is 0.365. The van der Waals surface area contributed by atoms with Crippen LogP contribution in [0.3, 0.4) is 0 Å². The number of unbranched alkanes of at least 4 members (excludes halogenated alkanes) is 2. The molecule has 0 radical (unpaired) electrons. The molecule has 27 heavy (non-hydrogen) atoms. The number of aliphatic carboxylic acids is 1. The zero-order chi connectivity index (χ0) is 19.9. The standard InChI is InChI=1S/C23H30O4/c1-5-6-7-8-17(13-22(24)25)9-10-18-15-23(2,3)16-27-21-12-11-19(26-4)14-20(18)21/h9-15H,5-8,16H2,1-4H3,(H,24,25). The molecule has 1 N–H and O–H groups in total. The Morgan fingerprint density at radius 3 is 2.78 bits per heavy atom. The summed E-state index contributed by atoms with van der Waals surface area (Å²) in [6, 6.07) is 5.77. The number of benzene rings is 1. The van der Waals surface area contributed by atoms with Gasteiger partial charge in [0.25, 0.3) is 0 Å². The zero-order valence-electron chi connectivity index (χ0n) is 16.7. The van der Waals surface area contributed by atoms with Gasteiger partial charge in [0.05, 0.1) is 13.7 Å². The topological polar surface area (TPSA) is 55.8 Å². The highest BCUT2D eigenvalue weighted by molar-refractivity contribution is 5.83. The van der Waals surface area contributed by atoms with Gasteiger partial charge in [-0.05, 0) is 42.2 Å². The Kier molecular flexibility index (Phi) is 7.28. The lowest BCUT2D eigenvalue weighted by molar-refractivity contribution is -0.131. The predicted octanol–water partition coefficient (Wildman–Crippen LogP) is 5.64. The summed E-state index contributed by atoms with van der Waals surface area (Å²) in [4.78, 5) is 11.2. The first-order chi connectivity index (χ1) is 12.8. The third-order valence-electron chi connectivity index (χ3n) is 4.50. The molecule has 0 spiro atoms. The van der Waals surface area contributed by atoms with Crippen molar-refractivity contribution >= 4 is 11.5 Å². The average Bonchev–Trinajstić information content (AvgIpc) is 2.75. The number of hydrogen-bond donors (Lipinski definition) is 1. The molecule has 1 aliphatic rings. The predicted molar refractivity (Wildman–Crippen MR) is 109 cm³/mol. The molecule has 4 nitrogen and oxygen atoms in total. The van der Waals surface area contributed by atoms with E-state index in [1.807, 2.05) is 30.4 Å². The Labute approximate surface area is 162 Å². The van der Waals surface area contributed by atoms with E-state index in [1.54, 1.807) is 7.11 Å². The van der Waals surface area contributed by atoms with E-state index in [2.05, 4.69) is 26.8 Å². The van der Waals surface area contributed by atoms with E-state index in [4.69, 9.17) is 9.47 Å². The van der Waals surface area contributed by atoms with Gasteiger partial charge in [0, 0.05) is 17.1 Å². The molecule has 0 aliphatic carbocycles. The van der Waals surface area contributed by atoms with E-state index in [9.17, 15) is 9.90 Å². The summed E-state index contributed by atoms with van der Waals surface area (Å²) in [5.41, 5.74) is 2.66. The van der Waals surface area contributed by atoms with Gasteiger partial charge < -0.3 is 14.6 Å². The first kappa shape index (κ1) is 20.8. The molecule has 0 bridgehead atoms. The number of ether oxygens (including phenoxy) is 2. The van der Waals surface area contributed by atoms with Crippen LogP contribution >= 0.6 is 0 Å². The fourth-order valence-electron chi connectivity index (χ4n) is 3.07. The highest BCUT2D eigenvalue weighted by atomic mass is 16.5. The van der Waals surface area contributed by atoms with Gasteiger partial charge >= 0.3 is 5.97 Å². The summed E-state index contributed by atoms with van der Waals surface area (Å²) >= 11 is 0. The highest BCUT2D eigenvalue weighted by Gasteiger charge is 2.23. The second-order valence-corrected chi connectivity index (χ2v) is 7.59. The number of fused-ring (bicyclic) bond motifs is 1. The molecule has 0 aromatic heterocycles. The van der Waals surface area contributed by atoms with Crippen molar-refractivity contribution in [2.75, 3.05) is 13.7 Å². The largest absolute Gasteiger partial charge is 0.497 e. The van der Waals surface area contributed by atoms with Crippen molar-refractivity contribution in [1.29, 1.82) is 0 Å². The van der Waals surface area contributed by atoms with Crippen molar-refractivity contribution in [2.24, 2.45) is 5.41 Å². The molecule has 2 rings (SSSR count). The number of hydrogen-bond acceptors (Lipinski definition) is 3. The molecule has 0 saturated heterocycles. The molecule has 1 aromatic rings. The van der Waals surface area contributed by atoms with Crippen molar-refractivity contribution in [2.45, 2.75) is 46.5 Å². The van der Waals surface area contributed by atoms with E-state index < -0.39 is 5.97 Å². The maximum absolute atomic E-state index is 11.2. The Bertz CT molecular complexity index is 754. The normalized spacial score (nSPS) is 16.3. The van der Waals surface area contributed by atoms with Crippen LogP contribution in [0.1, 0.15) is 52.0 Å². The van der Waals surface area contributed by atoms with Gasteiger partial charge in [0.1, 0.15) is 11.5 Å². The molecular weight excluding hydrogens is 340 g/mol. The fourth-order valence-corrected chi connectivity index (χ4v) is 3.07. The maximum atomic E-state index is 11.2. The Balaban J connectivity index is 2.39. The van der Waals surface area contributed by atoms with Gasteiger partial charge in [0.15, 0.2) is 0 Å². The summed E-state index contributed by atoms with van der Waals surface area (Å²) in [6.07, 6.45) is 11.3. The van der Waals surface area contributed by atoms with Crippen molar-refractivity contribution < 1.29 is 19.4 Å². The van der Waals surface area contributed by atoms with E-state index in [-0.39, 0.29) is 5.41 Å². The van der Waals surface area contributed by atoms with E-state index in [1.165, 1.54) is 6.08 Å². The Hall–Kier alpha value is -2.49. The van der Waals surface area contributed by atoms with Crippen LogP contribution < -0.4 is 9.47 Å². The molecule has 0 saturated carbocycles. The van der Waals surface area contributed by atoms with Crippen LogP contribution in [0.2, 0.25) is 0 Å². The second-order valence-electron chi connectivity index (χ2n) is 7.59. The van der Waals surface area contributed by atoms with Crippen molar-refractivity contribution in [3.05, 3.63) is 53.6 Å². The van der Waals surface area contributed by atoms with E-state index in [0.717, 1.165) is 53.9 Å². The zero-order valence-corrected chi connectivity index (χ0v) is 16.7. The van der Waals surface area contributed by atoms with Crippen molar-refractivity contribution in [3.8, 4) is 11.5 Å². The van der Waals surface area contributed by atoms with E-state index in [0.29, 0.717) is 6.61 Å². The maximum Gasteiger partial charge on any atom is 0.328 e. The lowest BCUT2D eigenvalue weighted by atomic mass is 9.90. The van der Waals surface area contributed by atoms with Crippen molar-refractivity contribution in [3.63, 3.8) is 0 Å². The van der Waals surface area contributed by atoms with Crippen LogP contribution in [0.4, 0.5) is 0 Å². The molecule has 1 aliphatic heterocycles. The average molecular weight is 370 g/mol. The van der Waals surface area contributed by atoms with Gasteiger partial charge in [-0.15, -0.1) is 0 Å². The summed E-state index contributed by atoms with van der Waals surface area (Å²) in [5.74, 6) is 0.666. The molecule has 4 heteroatoms. The molecule has 1 aromatic carbocycles. The number of carboxylic acids is 1. The second kappa shape index (κ2) is 9.45. The van der Waals surface area contributed by atoms with Crippen LogP contribution in [-0.4, -0.2) is 24.8 Å². The summed E-state index contributed by atoms with van der Waals surface area (Å²) in [6.45, 7) is 6.97. The summed E-state index contributed by atoms with van der Waals surface area (Å²) in [5, 5.41) is 9.17. The Morgan fingerprint density at radius 1 is 1.33 bits per heavy atom. The van der Waals surface area contributed by atoms with Gasteiger partial charge in [-0.3, -0.25) is 0 Å². The van der Waals surface area contributed by atoms with E-state index >= 15 is 0 Å². The van der Waals surface area contributed by atoms with Gasteiger partial charge in [0.2, 0.25) is 0 Å². The third kappa shape index (κ3) is 6.31. The summed E-state index contributed by atoms with van der Waals surface area (Å²) < 4.78 is 11.4.